The fraction of sp³-hybridized carbons (Fsp3) is 0.688. The summed E-state index contributed by atoms with van der Waals surface area (Å²) >= 11 is 0. The average Bonchev–Trinajstić information content (AvgIpc) is 3.07. The standard InChI is InChI=1S/C16H25N3O3S/c20-16(18-13-7-3-1-4-8-13)15-11-14(12-17-15)23(21,22)19-9-5-2-6-10-19/h11-13,17H,1-10H2,(H,18,20). The van der Waals surface area contributed by atoms with Crippen LogP contribution in [-0.2, 0) is 10.0 Å². The number of hydrogen-bond acceptors (Lipinski definition) is 3. The summed E-state index contributed by atoms with van der Waals surface area (Å²) < 4.78 is 26.7. The van der Waals surface area contributed by atoms with Gasteiger partial charge in [-0.3, -0.25) is 4.79 Å². The van der Waals surface area contributed by atoms with E-state index in [2.05, 4.69) is 10.3 Å². The number of sulfonamides is 1. The van der Waals surface area contributed by atoms with Gasteiger partial charge in [0.1, 0.15) is 10.6 Å². The number of hydrogen-bond donors (Lipinski definition) is 2. The fourth-order valence-corrected chi connectivity index (χ4v) is 4.93. The van der Waals surface area contributed by atoms with Crippen LogP contribution < -0.4 is 5.32 Å². The van der Waals surface area contributed by atoms with Crippen molar-refractivity contribution >= 4 is 15.9 Å². The zero-order valence-corrected chi connectivity index (χ0v) is 14.2. The molecule has 7 heteroatoms. The summed E-state index contributed by atoms with van der Waals surface area (Å²) in [5, 5.41) is 3.00. The van der Waals surface area contributed by atoms with E-state index in [1.54, 1.807) is 0 Å². The minimum Gasteiger partial charge on any atom is -0.356 e. The summed E-state index contributed by atoms with van der Waals surface area (Å²) in [6.07, 6.45) is 9.84. The molecule has 1 aliphatic heterocycles. The first-order chi connectivity index (χ1) is 11.1. The van der Waals surface area contributed by atoms with E-state index in [0.29, 0.717) is 18.8 Å². The van der Waals surface area contributed by atoms with E-state index in [9.17, 15) is 13.2 Å². The van der Waals surface area contributed by atoms with Crippen molar-refractivity contribution in [1.29, 1.82) is 0 Å². The molecule has 0 unspecified atom stereocenters. The summed E-state index contributed by atoms with van der Waals surface area (Å²) in [4.78, 5) is 15.3. The number of aromatic amines is 1. The van der Waals surface area contributed by atoms with Gasteiger partial charge in [0.15, 0.2) is 0 Å². The molecule has 1 aromatic rings. The fourth-order valence-electron chi connectivity index (χ4n) is 3.42. The number of aromatic nitrogens is 1. The number of nitrogens with zero attached hydrogens (tertiary/aromatic N) is 1. The van der Waals surface area contributed by atoms with Crippen molar-refractivity contribution in [2.75, 3.05) is 13.1 Å². The minimum atomic E-state index is -3.49. The van der Waals surface area contributed by atoms with Crippen LogP contribution in [0.1, 0.15) is 61.9 Å². The summed E-state index contributed by atoms with van der Waals surface area (Å²) in [5.74, 6) is -0.211. The Morgan fingerprint density at radius 3 is 2.43 bits per heavy atom. The molecule has 128 valence electrons. The van der Waals surface area contributed by atoms with Gasteiger partial charge in [-0.25, -0.2) is 8.42 Å². The first-order valence-corrected chi connectivity index (χ1v) is 10.0. The van der Waals surface area contributed by atoms with E-state index in [0.717, 1.165) is 44.9 Å². The number of carbonyl (C=O) groups is 1. The molecule has 1 aliphatic carbocycles. The Morgan fingerprint density at radius 1 is 1.09 bits per heavy atom. The largest absolute Gasteiger partial charge is 0.356 e. The Bertz CT molecular complexity index is 641. The molecule has 0 atom stereocenters. The number of nitrogens with one attached hydrogen (secondary N) is 2. The molecule has 1 saturated heterocycles. The molecule has 2 aliphatic rings. The first kappa shape index (κ1) is 16.5. The van der Waals surface area contributed by atoms with Gasteiger partial charge in [0.25, 0.3) is 5.91 Å². The van der Waals surface area contributed by atoms with Gasteiger partial charge in [-0.05, 0) is 31.7 Å². The van der Waals surface area contributed by atoms with E-state index in [-0.39, 0.29) is 16.8 Å². The van der Waals surface area contributed by atoms with Crippen LogP contribution in [0.25, 0.3) is 0 Å². The van der Waals surface area contributed by atoms with E-state index >= 15 is 0 Å². The van der Waals surface area contributed by atoms with E-state index in [1.807, 2.05) is 0 Å². The van der Waals surface area contributed by atoms with Gasteiger partial charge < -0.3 is 10.3 Å². The predicted molar refractivity (Wildman–Crippen MR) is 87.7 cm³/mol. The van der Waals surface area contributed by atoms with Crippen molar-refractivity contribution in [3.05, 3.63) is 18.0 Å². The van der Waals surface area contributed by atoms with Crippen molar-refractivity contribution < 1.29 is 13.2 Å². The smallest absolute Gasteiger partial charge is 0.267 e. The van der Waals surface area contributed by atoms with E-state index in [1.165, 1.54) is 23.0 Å². The van der Waals surface area contributed by atoms with Gasteiger partial charge in [-0.15, -0.1) is 0 Å². The van der Waals surface area contributed by atoms with Gasteiger partial charge in [0, 0.05) is 25.3 Å². The maximum Gasteiger partial charge on any atom is 0.267 e. The molecule has 0 aromatic carbocycles. The Balaban J connectivity index is 1.68. The Kier molecular flexibility index (Phi) is 5.06. The molecule has 0 spiro atoms. The van der Waals surface area contributed by atoms with Crippen LogP contribution >= 0.6 is 0 Å². The monoisotopic (exact) mass is 339 g/mol. The lowest BCUT2D eigenvalue weighted by Gasteiger charge is -2.25. The number of rotatable bonds is 4. The van der Waals surface area contributed by atoms with E-state index in [4.69, 9.17) is 0 Å². The minimum absolute atomic E-state index is 0.188. The summed E-state index contributed by atoms with van der Waals surface area (Å²) in [5.41, 5.74) is 0.325. The van der Waals surface area contributed by atoms with Crippen LogP contribution in [0.4, 0.5) is 0 Å². The normalized spacial score (nSPS) is 21.2. The second-order valence-corrected chi connectivity index (χ2v) is 8.46. The Hall–Kier alpha value is -1.34. The molecular formula is C16H25N3O3S. The van der Waals surface area contributed by atoms with Gasteiger partial charge in [0.2, 0.25) is 10.0 Å². The number of H-pyrrole nitrogens is 1. The van der Waals surface area contributed by atoms with Crippen LogP contribution in [0.3, 0.4) is 0 Å². The van der Waals surface area contributed by atoms with Crippen molar-refractivity contribution in [2.24, 2.45) is 0 Å². The lowest BCUT2D eigenvalue weighted by Crippen LogP contribution is -2.36. The maximum atomic E-state index is 12.6. The molecule has 0 bridgehead atoms. The molecule has 1 aromatic heterocycles. The summed E-state index contributed by atoms with van der Waals surface area (Å²) in [6.45, 7) is 1.13. The van der Waals surface area contributed by atoms with E-state index < -0.39 is 10.0 Å². The third-order valence-electron chi connectivity index (χ3n) is 4.79. The molecule has 1 saturated carbocycles. The highest BCUT2D eigenvalue weighted by Crippen LogP contribution is 2.22. The molecule has 2 heterocycles. The molecule has 1 amide bonds. The summed E-state index contributed by atoms with van der Waals surface area (Å²) in [6, 6.07) is 1.67. The molecule has 3 rings (SSSR count). The lowest BCUT2D eigenvalue weighted by atomic mass is 9.95. The molecule has 23 heavy (non-hydrogen) atoms. The number of amides is 1. The zero-order valence-electron chi connectivity index (χ0n) is 13.4. The first-order valence-electron chi connectivity index (χ1n) is 8.57. The quantitative estimate of drug-likeness (QED) is 0.882. The molecule has 2 N–H and O–H groups in total. The maximum absolute atomic E-state index is 12.6. The van der Waals surface area contributed by atoms with Crippen LogP contribution in [-0.4, -0.2) is 42.7 Å². The van der Waals surface area contributed by atoms with Crippen LogP contribution in [0.5, 0.6) is 0 Å². The topological polar surface area (TPSA) is 82.3 Å². The van der Waals surface area contributed by atoms with Crippen LogP contribution in [0.15, 0.2) is 17.2 Å². The second-order valence-electron chi connectivity index (χ2n) is 6.52. The Labute approximate surface area is 137 Å². The van der Waals surface area contributed by atoms with Crippen LogP contribution in [0.2, 0.25) is 0 Å². The van der Waals surface area contributed by atoms with Gasteiger partial charge >= 0.3 is 0 Å². The van der Waals surface area contributed by atoms with Gasteiger partial charge in [-0.1, -0.05) is 25.7 Å². The highest BCUT2D eigenvalue weighted by Gasteiger charge is 2.28. The second kappa shape index (κ2) is 7.05. The summed E-state index contributed by atoms with van der Waals surface area (Å²) in [7, 11) is -3.49. The SMILES string of the molecule is O=C(NC1CCCCC1)c1cc(S(=O)(=O)N2CCCCC2)c[nH]1. The van der Waals surface area contributed by atoms with Crippen LogP contribution in [0, 0.1) is 0 Å². The molecular weight excluding hydrogens is 314 g/mol. The predicted octanol–water partition coefficient (Wildman–Crippen LogP) is 2.25. The number of carbonyl (C=O) groups excluding carboxylic acids is 1. The lowest BCUT2D eigenvalue weighted by molar-refractivity contribution is 0.0923. The molecule has 6 nitrogen and oxygen atoms in total. The van der Waals surface area contributed by atoms with Gasteiger partial charge in [0.05, 0.1) is 0 Å². The zero-order chi connectivity index (χ0) is 16.3. The van der Waals surface area contributed by atoms with Crippen molar-refractivity contribution in [1.82, 2.24) is 14.6 Å². The number of piperidine rings is 1. The van der Waals surface area contributed by atoms with Gasteiger partial charge in [-0.2, -0.15) is 4.31 Å². The molecule has 0 radical (unpaired) electrons. The molecule has 2 fully saturated rings. The van der Waals surface area contributed by atoms with Crippen molar-refractivity contribution in [2.45, 2.75) is 62.3 Å². The highest BCUT2D eigenvalue weighted by atomic mass is 32.2. The highest BCUT2D eigenvalue weighted by molar-refractivity contribution is 7.89. The third-order valence-corrected chi connectivity index (χ3v) is 6.67. The van der Waals surface area contributed by atoms with Crippen molar-refractivity contribution in [3.8, 4) is 0 Å². The average molecular weight is 339 g/mol. The third kappa shape index (κ3) is 3.77. The van der Waals surface area contributed by atoms with Crippen molar-refractivity contribution in [3.63, 3.8) is 0 Å². The Morgan fingerprint density at radius 2 is 1.74 bits per heavy atom.